The first kappa shape index (κ1) is 16.9. The third-order valence-electron chi connectivity index (χ3n) is 5.14. The second-order valence-electron chi connectivity index (χ2n) is 6.78. The van der Waals surface area contributed by atoms with E-state index in [9.17, 15) is 4.79 Å². The zero-order valence-electron chi connectivity index (χ0n) is 14.9. The molecule has 4 rings (SSSR count). The second kappa shape index (κ2) is 6.67. The lowest BCUT2D eigenvalue weighted by molar-refractivity contribution is 0.216. The highest BCUT2D eigenvalue weighted by Crippen LogP contribution is 2.38. The number of rotatable bonds is 3. The molecule has 0 N–H and O–H groups in total. The van der Waals surface area contributed by atoms with Gasteiger partial charge in [-0.25, -0.2) is 4.98 Å². The Morgan fingerprint density at radius 3 is 2.72 bits per heavy atom. The second-order valence-corrected chi connectivity index (χ2v) is 8.93. The molecule has 0 atom stereocenters. The summed E-state index contributed by atoms with van der Waals surface area (Å²) in [5, 5.41) is 2.89. The van der Waals surface area contributed by atoms with Gasteiger partial charge in [-0.3, -0.25) is 9.36 Å². The van der Waals surface area contributed by atoms with Crippen LogP contribution in [0.15, 0.2) is 22.3 Å². The minimum Gasteiger partial charge on any atom is -0.306 e. The van der Waals surface area contributed by atoms with Crippen molar-refractivity contribution in [2.24, 2.45) is 0 Å². The number of hydrogen-bond acceptors (Lipinski definition) is 5. The Morgan fingerprint density at radius 2 is 2.08 bits per heavy atom. The van der Waals surface area contributed by atoms with Crippen molar-refractivity contribution in [3.05, 3.63) is 38.6 Å². The lowest BCUT2D eigenvalue weighted by Crippen LogP contribution is -2.37. The monoisotopic (exact) mass is 373 g/mol. The molecule has 1 aliphatic rings. The Kier molecular flexibility index (Phi) is 4.52. The molecule has 0 aliphatic carbocycles. The highest BCUT2D eigenvalue weighted by molar-refractivity contribution is 7.20. The van der Waals surface area contributed by atoms with Crippen LogP contribution in [-0.4, -0.2) is 34.6 Å². The molecule has 0 spiro atoms. The van der Waals surface area contributed by atoms with E-state index in [0.29, 0.717) is 0 Å². The normalized spacial score (nSPS) is 16.8. The molecule has 3 aromatic rings. The minimum absolute atomic E-state index is 0.157. The molecular weight excluding hydrogens is 350 g/mol. The van der Waals surface area contributed by atoms with E-state index in [1.165, 1.54) is 9.75 Å². The van der Waals surface area contributed by atoms with Crippen molar-refractivity contribution >= 4 is 32.9 Å². The van der Waals surface area contributed by atoms with Crippen molar-refractivity contribution in [2.75, 3.05) is 20.1 Å². The first-order chi connectivity index (χ1) is 12.1. The van der Waals surface area contributed by atoms with E-state index in [2.05, 4.69) is 37.2 Å². The van der Waals surface area contributed by atoms with Gasteiger partial charge in [-0.2, -0.15) is 0 Å². The van der Waals surface area contributed by atoms with Crippen LogP contribution < -0.4 is 5.56 Å². The molecule has 3 aromatic heterocycles. The molecule has 1 fully saturated rings. The van der Waals surface area contributed by atoms with Gasteiger partial charge in [-0.1, -0.05) is 13.0 Å². The van der Waals surface area contributed by atoms with Gasteiger partial charge in [0, 0.05) is 27.8 Å². The lowest BCUT2D eigenvalue weighted by Gasteiger charge is -2.31. The summed E-state index contributed by atoms with van der Waals surface area (Å²) in [6.07, 6.45) is 2.84. The van der Waals surface area contributed by atoms with Gasteiger partial charge >= 0.3 is 0 Å². The first-order valence-corrected chi connectivity index (χ1v) is 10.6. The maximum absolute atomic E-state index is 13.5. The maximum Gasteiger partial charge on any atom is 0.263 e. The van der Waals surface area contributed by atoms with Crippen LogP contribution in [0.25, 0.3) is 20.7 Å². The van der Waals surface area contributed by atoms with Gasteiger partial charge in [-0.15, -0.1) is 22.7 Å². The molecule has 1 aliphatic heterocycles. The zero-order valence-corrected chi connectivity index (χ0v) is 16.5. The predicted octanol–water partition coefficient (Wildman–Crippen LogP) is 4.32. The Balaban J connectivity index is 1.95. The lowest BCUT2D eigenvalue weighted by atomic mass is 10.0. The Labute approximate surface area is 155 Å². The molecule has 4 heterocycles. The van der Waals surface area contributed by atoms with Gasteiger partial charge in [0.1, 0.15) is 10.7 Å². The SMILES string of the molecule is CCc1nc2sc(C)c(-c3cccs3)c2c(=O)n1C1CCN(C)CC1. The molecule has 25 heavy (non-hydrogen) atoms. The topological polar surface area (TPSA) is 38.1 Å². The molecule has 1 saturated heterocycles. The number of likely N-dealkylation sites (tertiary alicyclic amines) is 1. The van der Waals surface area contributed by atoms with Crippen LogP contribution in [0.3, 0.4) is 0 Å². The standard InChI is InChI=1S/C19H23N3OS2/c1-4-15-20-18-17(16(12(2)25-18)14-6-5-11-24-14)19(23)22(15)13-7-9-21(3)10-8-13/h5-6,11,13H,4,7-10H2,1-3H3. The molecule has 0 amide bonds. The third-order valence-corrected chi connectivity index (χ3v) is 7.03. The summed E-state index contributed by atoms with van der Waals surface area (Å²) in [5.41, 5.74) is 1.25. The van der Waals surface area contributed by atoms with E-state index in [1.54, 1.807) is 22.7 Å². The molecule has 0 radical (unpaired) electrons. The Hall–Kier alpha value is -1.50. The maximum atomic E-state index is 13.5. The average molecular weight is 374 g/mol. The van der Waals surface area contributed by atoms with E-state index in [4.69, 9.17) is 4.98 Å². The number of aryl methyl sites for hydroxylation is 2. The summed E-state index contributed by atoms with van der Waals surface area (Å²) in [7, 11) is 2.15. The van der Waals surface area contributed by atoms with Crippen LogP contribution in [0.5, 0.6) is 0 Å². The van der Waals surface area contributed by atoms with Gasteiger partial charge < -0.3 is 4.90 Å². The molecule has 6 heteroatoms. The first-order valence-electron chi connectivity index (χ1n) is 8.87. The van der Waals surface area contributed by atoms with Crippen molar-refractivity contribution in [3.8, 4) is 10.4 Å². The van der Waals surface area contributed by atoms with Gasteiger partial charge in [0.05, 0.1) is 5.39 Å². The fourth-order valence-corrected chi connectivity index (χ4v) is 5.76. The fraction of sp³-hybridized carbons (Fsp3) is 0.474. The quantitative estimate of drug-likeness (QED) is 0.686. The third kappa shape index (κ3) is 2.86. The van der Waals surface area contributed by atoms with Crippen molar-refractivity contribution in [2.45, 2.75) is 39.2 Å². The van der Waals surface area contributed by atoms with Crippen LogP contribution in [0.4, 0.5) is 0 Å². The van der Waals surface area contributed by atoms with Gasteiger partial charge in [0.2, 0.25) is 0 Å². The van der Waals surface area contributed by atoms with Crippen molar-refractivity contribution in [1.82, 2.24) is 14.5 Å². The number of nitrogens with zero attached hydrogens (tertiary/aromatic N) is 3. The van der Waals surface area contributed by atoms with E-state index in [-0.39, 0.29) is 11.6 Å². The van der Waals surface area contributed by atoms with Crippen LogP contribution in [-0.2, 0) is 6.42 Å². The molecule has 0 aromatic carbocycles. The zero-order chi connectivity index (χ0) is 17.6. The number of piperidine rings is 1. The van der Waals surface area contributed by atoms with Gasteiger partial charge in [-0.05, 0) is 51.3 Å². The summed E-state index contributed by atoms with van der Waals surface area (Å²) >= 11 is 3.34. The molecule has 132 valence electrons. The van der Waals surface area contributed by atoms with E-state index < -0.39 is 0 Å². The fourth-order valence-electron chi connectivity index (χ4n) is 3.81. The summed E-state index contributed by atoms with van der Waals surface area (Å²) < 4.78 is 2.01. The summed E-state index contributed by atoms with van der Waals surface area (Å²) in [5.74, 6) is 0.936. The highest BCUT2D eigenvalue weighted by Gasteiger charge is 2.25. The molecular formula is C19H23N3OS2. The average Bonchev–Trinajstić information content (AvgIpc) is 3.22. The van der Waals surface area contributed by atoms with Crippen LogP contribution in [0.1, 0.15) is 36.5 Å². The van der Waals surface area contributed by atoms with Crippen molar-refractivity contribution in [3.63, 3.8) is 0 Å². The smallest absolute Gasteiger partial charge is 0.263 e. The largest absolute Gasteiger partial charge is 0.306 e. The number of thiophene rings is 2. The van der Waals surface area contributed by atoms with Gasteiger partial charge in [0.15, 0.2) is 0 Å². The predicted molar refractivity (Wildman–Crippen MR) is 107 cm³/mol. The molecule has 0 saturated carbocycles. The number of fused-ring (bicyclic) bond motifs is 1. The number of aromatic nitrogens is 2. The minimum atomic E-state index is 0.157. The highest BCUT2D eigenvalue weighted by atomic mass is 32.1. The van der Waals surface area contributed by atoms with Crippen LogP contribution in [0.2, 0.25) is 0 Å². The summed E-state index contributed by atoms with van der Waals surface area (Å²) in [6, 6.07) is 4.42. The van der Waals surface area contributed by atoms with Crippen LogP contribution in [0, 0.1) is 6.92 Å². The number of hydrogen-bond donors (Lipinski definition) is 0. The van der Waals surface area contributed by atoms with Crippen molar-refractivity contribution < 1.29 is 0 Å². The van der Waals surface area contributed by atoms with Gasteiger partial charge in [0.25, 0.3) is 5.56 Å². The summed E-state index contributed by atoms with van der Waals surface area (Å²) in [6.45, 7) is 6.28. The Morgan fingerprint density at radius 1 is 1.32 bits per heavy atom. The van der Waals surface area contributed by atoms with E-state index >= 15 is 0 Å². The molecule has 0 bridgehead atoms. The molecule has 4 nitrogen and oxygen atoms in total. The Bertz CT molecular complexity index is 947. The van der Waals surface area contributed by atoms with E-state index in [1.807, 2.05) is 10.6 Å². The van der Waals surface area contributed by atoms with Crippen molar-refractivity contribution in [1.29, 1.82) is 0 Å². The molecule has 0 unspecified atom stereocenters. The summed E-state index contributed by atoms with van der Waals surface area (Å²) in [4.78, 5) is 24.0. The van der Waals surface area contributed by atoms with E-state index in [0.717, 1.165) is 54.0 Å². The van der Waals surface area contributed by atoms with Crippen LogP contribution >= 0.6 is 22.7 Å².